The van der Waals surface area contributed by atoms with Gasteiger partial charge in [0, 0.05) is 0 Å². The summed E-state index contributed by atoms with van der Waals surface area (Å²) in [7, 11) is 1.31. The van der Waals surface area contributed by atoms with Gasteiger partial charge in [-0.3, -0.25) is 9.48 Å². The lowest BCUT2D eigenvalue weighted by Crippen LogP contribution is -2.13. The summed E-state index contributed by atoms with van der Waals surface area (Å²) in [5.41, 5.74) is 1.94. The van der Waals surface area contributed by atoms with Gasteiger partial charge in [0.2, 0.25) is 0 Å². The molecule has 2 aromatic rings. The predicted molar refractivity (Wildman–Crippen MR) is 84.7 cm³/mol. The molecule has 0 unspecified atom stereocenters. The van der Waals surface area contributed by atoms with Crippen LogP contribution in [0.15, 0.2) is 24.3 Å². The Kier molecular flexibility index (Phi) is 5.39. The van der Waals surface area contributed by atoms with Gasteiger partial charge in [-0.15, -0.1) is 0 Å². The van der Waals surface area contributed by atoms with Crippen LogP contribution in [-0.4, -0.2) is 28.8 Å². The molecule has 6 nitrogen and oxygen atoms in total. The molecule has 2 rings (SSSR count). The fourth-order valence-corrected chi connectivity index (χ4v) is 2.18. The zero-order chi connectivity index (χ0) is 17.0. The summed E-state index contributed by atoms with van der Waals surface area (Å²) in [5.74, 6) is -0.460. The topological polar surface area (TPSA) is 70.4 Å². The number of carbonyl (C=O) groups is 2. The summed E-state index contributed by atoms with van der Waals surface area (Å²) >= 11 is 6.06. The number of rotatable bonds is 5. The van der Waals surface area contributed by atoms with Crippen LogP contribution in [0.3, 0.4) is 0 Å². The Morgan fingerprint density at radius 3 is 2.39 bits per heavy atom. The Morgan fingerprint density at radius 2 is 1.87 bits per heavy atom. The monoisotopic (exact) mass is 336 g/mol. The third-order valence-corrected chi connectivity index (χ3v) is 3.88. The standard InChI is InChI=1S/C16H17ClN2O4/c1-10-15(17)11(2)19(18-10)9-8-14(20)23-13-6-4-12(5-7-13)16(21)22-3/h4-7H,8-9H2,1-3H3. The van der Waals surface area contributed by atoms with Gasteiger partial charge >= 0.3 is 11.9 Å². The highest BCUT2D eigenvalue weighted by molar-refractivity contribution is 6.31. The van der Waals surface area contributed by atoms with Gasteiger partial charge < -0.3 is 9.47 Å². The first-order valence-electron chi connectivity index (χ1n) is 7.01. The zero-order valence-corrected chi connectivity index (χ0v) is 13.9. The summed E-state index contributed by atoms with van der Waals surface area (Å²) in [5, 5.41) is 4.86. The molecular weight excluding hydrogens is 320 g/mol. The van der Waals surface area contributed by atoms with Crippen LogP contribution < -0.4 is 4.74 Å². The van der Waals surface area contributed by atoms with E-state index in [4.69, 9.17) is 16.3 Å². The summed E-state index contributed by atoms with van der Waals surface area (Å²) in [4.78, 5) is 23.2. The van der Waals surface area contributed by atoms with Crippen LogP contribution in [0.4, 0.5) is 0 Å². The van der Waals surface area contributed by atoms with E-state index in [2.05, 4.69) is 9.84 Å². The molecule has 0 radical (unpaired) electrons. The molecular formula is C16H17ClN2O4. The van der Waals surface area contributed by atoms with Crippen LogP contribution >= 0.6 is 11.6 Å². The fourth-order valence-electron chi connectivity index (χ4n) is 2.05. The summed E-state index contributed by atoms with van der Waals surface area (Å²) in [6, 6.07) is 6.17. The van der Waals surface area contributed by atoms with Crippen molar-refractivity contribution in [1.29, 1.82) is 0 Å². The number of esters is 2. The van der Waals surface area contributed by atoms with Crippen molar-refractivity contribution in [3.05, 3.63) is 46.2 Å². The molecule has 122 valence electrons. The highest BCUT2D eigenvalue weighted by Gasteiger charge is 2.12. The second kappa shape index (κ2) is 7.28. The second-order valence-corrected chi connectivity index (χ2v) is 5.33. The fraction of sp³-hybridized carbons (Fsp3) is 0.312. The number of nitrogens with zero attached hydrogens (tertiary/aromatic N) is 2. The number of benzene rings is 1. The van der Waals surface area contributed by atoms with Gasteiger partial charge in [0.1, 0.15) is 5.75 Å². The van der Waals surface area contributed by atoms with E-state index in [1.54, 1.807) is 16.8 Å². The van der Waals surface area contributed by atoms with Crippen LogP contribution in [0.2, 0.25) is 5.02 Å². The maximum atomic E-state index is 11.9. The number of methoxy groups -OCH3 is 1. The van der Waals surface area contributed by atoms with Crippen LogP contribution in [0, 0.1) is 13.8 Å². The number of carbonyl (C=O) groups excluding carboxylic acids is 2. The Bertz CT molecular complexity index is 722. The van der Waals surface area contributed by atoms with E-state index in [1.807, 2.05) is 13.8 Å². The number of hydrogen-bond acceptors (Lipinski definition) is 5. The van der Waals surface area contributed by atoms with E-state index in [0.29, 0.717) is 22.9 Å². The minimum absolute atomic E-state index is 0.164. The molecule has 1 aromatic heterocycles. The van der Waals surface area contributed by atoms with E-state index in [0.717, 1.165) is 11.4 Å². The first-order valence-corrected chi connectivity index (χ1v) is 7.38. The van der Waals surface area contributed by atoms with E-state index in [-0.39, 0.29) is 12.4 Å². The maximum Gasteiger partial charge on any atom is 0.337 e. The molecule has 1 aromatic carbocycles. The van der Waals surface area contributed by atoms with Crippen molar-refractivity contribution in [2.75, 3.05) is 7.11 Å². The highest BCUT2D eigenvalue weighted by Crippen LogP contribution is 2.19. The van der Waals surface area contributed by atoms with Gasteiger partial charge in [0.05, 0.1) is 42.0 Å². The van der Waals surface area contributed by atoms with E-state index < -0.39 is 5.97 Å². The van der Waals surface area contributed by atoms with Crippen LogP contribution in [0.5, 0.6) is 5.75 Å². The molecule has 0 saturated carbocycles. The highest BCUT2D eigenvalue weighted by atomic mass is 35.5. The molecule has 0 bridgehead atoms. The first kappa shape index (κ1) is 17.0. The third kappa shape index (κ3) is 4.10. The van der Waals surface area contributed by atoms with Gasteiger partial charge in [0.25, 0.3) is 0 Å². The van der Waals surface area contributed by atoms with Crippen molar-refractivity contribution in [1.82, 2.24) is 9.78 Å². The van der Waals surface area contributed by atoms with Crippen molar-refractivity contribution in [2.45, 2.75) is 26.8 Å². The minimum atomic E-state index is -0.440. The SMILES string of the molecule is COC(=O)c1ccc(OC(=O)CCn2nc(C)c(Cl)c2C)cc1. The molecule has 0 aliphatic carbocycles. The number of hydrogen-bond donors (Lipinski definition) is 0. The third-order valence-electron chi connectivity index (χ3n) is 3.33. The normalized spacial score (nSPS) is 10.4. The van der Waals surface area contributed by atoms with Crippen LogP contribution in [0.1, 0.15) is 28.2 Å². The molecule has 0 amide bonds. The van der Waals surface area contributed by atoms with Gasteiger partial charge in [-0.25, -0.2) is 4.79 Å². The Labute approximate surface area is 139 Å². The van der Waals surface area contributed by atoms with Gasteiger partial charge in [-0.1, -0.05) is 11.6 Å². The Morgan fingerprint density at radius 1 is 1.22 bits per heavy atom. The number of halogens is 1. The molecule has 0 spiro atoms. The lowest BCUT2D eigenvalue weighted by molar-refractivity contribution is -0.134. The second-order valence-electron chi connectivity index (χ2n) is 4.95. The van der Waals surface area contributed by atoms with E-state index >= 15 is 0 Å². The van der Waals surface area contributed by atoms with Gasteiger partial charge in [-0.05, 0) is 38.1 Å². The Balaban J connectivity index is 1.92. The molecule has 7 heteroatoms. The van der Waals surface area contributed by atoms with Gasteiger partial charge in [-0.2, -0.15) is 5.10 Å². The molecule has 0 saturated heterocycles. The molecule has 23 heavy (non-hydrogen) atoms. The van der Waals surface area contributed by atoms with Crippen molar-refractivity contribution in [3.63, 3.8) is 0 Å². The number of aryl methyl sites for hydroxylation is 2. The summed E-state index contributed by atoms with van der Waals surface area (Å²) in [6.07, 6.45) is 0.164. The van der Waals surface area contributed by atoms with Crippen molar-refractivity contribution >= 4 is 23.5 Å². The van der Waals surface area contributed by atoms with Gasteiger partial charge in [0.15, 0.2) is 0 Å². The largest absolute Gasteiger partial charge is 0.465 e. The van der Waals surface area contributed by atoms with Crippen LogP contribution in [0.25, 0.3) is 0 Å². The first-order chi connectivity index (χ1) is 10.9. The molecule has 0 N–H and O–H groups in total. The Hall–Kier alpha value is -2.34. The van der Waals surface area contributed by atoms with Crippen molar-refractivity contribution < 1.29 is 19.1 Å². The average molecular weight is 337 g/mol. The predicted octanol–water partition coefficient (Wildman–Crippen LogP) is 2.94. The minimum Gasteiger partial charge on any atom is -0.465 e. The molecule has 0 atom stereocenters. The molecule has 0 aliphatic rings. The smallest absolute Gasteiger partial charge is 0.337 e. The lowest BCUT2D eigenvalue weighted by atomic mass is 10.2. The molecule has 0 aliphatic heterocycles. The number of aromatic nitrogens is 2. The van der Waals surface area contributed by atoms with Crippen LogP contribution in [-0.2, 0) is 16.1 Å². The molecule has 1 heterocycles. The lowest BCUT2D eigenvalue weighted by Gasteiger charge is -2.06. The number of ether oxygens (including phenoxy) is 2. The van der Waals surface area contributed by atoms with E-state index in [9.17, 15) is 9.59 Å². The van der Waals surface area contributed by atoms with Crippen molar-refractivity contribution in [2.24, 2.45) is 0 Å². The zero-order valence-electron chi connectivity index (χ0n) is 13.1. The summed E-state index contributed by atoms with van der Waals surface area (Å²) in [6.45, 7) is 4.05. The maximum absolute atomic E-state index is 11.9. The van der Waals surface area contributed by atoms with E-state index in [1.165, 1.54) is 19.2 Å². The molecule has 0 fully saturated rings. The quantitative estimate of drug-likeness (QED) is 0.620. The van der Waals surface area contributed by atoms with Crippen molar-refractivity contribution in [3.8, 4) is 5.75 Å². The average Bonchev–Trinajstić information content (AvgIpc) is 2.80. The summed E-state index contributed by atoms with van der Waals surface area (Å²) < 4.78 is 11.5.